The second-order valence-corrected chi connectivity index (χ2v) is 10.4. The monoisotopic (exact) mass is 480 g/mol. The van der Waals surface area contributed by atoms with Gasteiger partial charge in [-0.05, 0) is 0 Å². The van der Waals surface area contributed by atoms with Crippen LogP contribution in [0.15, 0.2) is 18.5 Å². The normalized spacial score (nSPS) is 11.2. The zero-order chi connectivity index (χ0) is 18.9. The van der Waals surface area contributed by atoms with Crippen molar-refractivity contribution in [1.82, 2.24) is 9.97 Å². The van der Waals surface area contributed by atoms with Crippen LogP contribution in [0.3, 0.4) is 0 Å². The first kappa shape index (κ1) is 21.7. The molecule has 2 rings (SSSR count). The van der Waals surface area contributed by atoms with Crippen molar-refractivity contribution in [3.63, 3.8) is 0 Å². The van der Waals surface area contributed by atoms with Crippen molar-refractivity contribution in [2.45, 2.75) is 78.6 Å². The molecule has 0 amide bonds. The van der Waals surface area contributed by atoms with Crippen LogP contribution in [0.4, 0.5) is 0 Å². The van der Waals surface area contributed by atoms with Crippen molar-refractivity contribution in [2.75, 3.05) is 0 Å². The Morgan fingerprint density at radius 1 is 0.846 bits per heavy atom. The minimum absolute atomic E-state index is 0.381. The van der Waals surface area contributed by atoms with Crippen molar-refractivity contribution >= 4 is 37.7 Å². The Kier molecular flexibility index (Phi) is 9.41. The SMILES string of the molecule is CCCCc1cc(-c2nccnc2Cl)[c]([SnH3])c(CCCC)c1CCCC. The van der Waals surface area contributed by atoms with Crippen molar-refractivity contribution < 1.29 is 0 Å². The molecule has 0 atom stereocenters. The number of benzene rings is 1. The van der Waals surface area contributed by atoms with E-state index in [1.54, 1.807) is 27.1 Å². The topological polar surface area (TPSA) is 25.8 Å². The van der Waals surface area contributed by atoms with Crippen LogP contribution in [0.2, 0.25) is 5.15 Å². The molecule has 0 fully saturated rings. The molecule has 0 N–H and O–H groups in total. The fourth-order valence-corrected chi connectivity index (χ4v) is 6.52. The van der Waals surface area contributed by atoms with Crippen LogP contribution in [-0.2, 0) is 19.3 Å². The van der Waals surface area contributed by atoms with Gasteiger partial charge in [0.2, 0.25) is 0 Å². The molecule has 26 heavy (non-hydrogen) atoms. The fourth-order valence-electron chi connectivity index (χ4n) is 3.65. The molecule has 2 aromatic rings. The molecule has 0 aliphatic carbocycles. The molecule has 0 radical (unpaired) electrons. The van der Waals surface area contributed by atoms with Gasteiger partial charge in [-0.25, -0.2) is 0 Å². The van der Waals surface area contributed by atoms with E-state index in [2.05, 4.69) is 36.8 Å². The molecule has 142 valence electrons. The van der Waals surface area contributed by atoms with Gasteiger partial charge in [-0.1, -0.05) is 0 Å². The van der Waals surface area contributed by atoms with E-state index in [0.717, 1.165) is 12.1 Å². The molecule has 2 nitrogen and oxygen atoms in total. The third kappa shape index (κ3) is 5.45. The summed E-state index contributed by atoms with van der Waals surface area (Å²) >= 11 is 6.80. The van der Waals surface area contributed by atoms with E-state index in [0.29, 0.717) is 27.7 Å². The second-order valence-electron chi connectivity index (χ2n) is 7.17. The first-order valence-corrected chi connectivity index (χ1v) is 13.5. The molecule has 0 bridgehead atoms. The number of rotatable bonds is 10. The predicted octanol–water partition coefficient (Wildman–Crippen LogP) is 4.82. The van der Waals surface area contributed by atoms with Gasteiger partial charge < -0.3 is 0 Å². The number of aryl methyl sites for hydroxylation is 1. The summed E-state index contributed by atoms with van der Waals surface area (Å²) in [5, 5.41) is 0.533. The van der Waals surface area contributed by atoms with E-state index in [4.69, 9.17) is 11.6 Å². The fraction of sp³-hybridized carbons (Fsp3) is 0.545. The van der Waals surface area contributed by atoms with E-state index >= 15 is 0 Å². The van der Waals surface area contributed by atoms with E-state index < -0.39 is 0 Å². The standard InChI is InChI=1S/C22H30ClN2.Sn.3H/c1-4-7-10-17-15-19(21-22(23)25-14-13-24-21)16-18(11-8-5-2)20(17)12-9-6-3;;;;/h13-15H,4-12H2,1-3H3;;;;. The van der Waals surface area contributed by atoms with E-state index in [-0.39, 0.29) is 0 Å². The second kappa shape index (κ2) is 11.3. The number of unbranched alkanes of at least 4 members (excludes halogenated alkanes) is 3. The number of hydrogen-bond acceptors (Lipinski definition) is 2. The van der Waals surface area contributed by atoms with Crippen LogP contribution in [0, 0.1) is 0 Å². The van der Waals surface area contributed by atoms with Gasteiger partial charge in [-0.2, -0.15) is 0 Å². The Hall–Kier alpha value is -0.611. The Bertz CT molecular complexity index is 716. The molecular weight excluding hydrogens is 446 g/mol. The van der Waals surface area contributed by atoms with E-state index in [9.17, 15) is 0 Å². The quantitative estimate of drug-likeness (QED) is 0.457. The molecule has 4 heteroatoms. The summed E-state index contributed by atoms with van der Waals surface area (Å²) in [6, 6.07) is 2.40. The van der Waals surface area contributed by atoms with Crippen LogP contribution in [0.25, 0.3) is 11.3 Å². The average Bonchev–Trinajstić information content (AvgIpc) is 2.65. The van der Waals surface area contributed by atoms with Gasteiger partial charge in [-0.15, -0.1) is 0 Å². The van der Waals surface area contributed by atoms with Gasteiger partial charge >= 0.3 is 178 Å². The molecule has 0 aliphatic rings. The van der Waals surface area contributed by atoms with Crippen LogP contribution in [0.1, 0.15) is 76.0 Å². The number of nitrogens with zero attached hydrogens (tertiary/aromatic N) is 2. The third-order valence-corrected chi connectivity index (χ3v) is 8.73. The predicted molar refractivity (Wildman–Crippen MR) is 118 cm³/mol. The van der Waals surface area contributed by atoms with Gasteiger partial charge in [0.15, 0.2) is 0 Å². The van der Waals surface area contributed by atoms with Gasteiger partial charge in [0, 0.05) is 0 Å². The first-order chi connectivity index (χ1) is 12.6. The Morgan fingerprint density at radius 3 is 2.04 bits per heavy atom. The summed E-state index contributed by atoms with van der Waals surface area (Å²) in [5.41, 5.74) is 6.94. The van der Waals surface area contributed by atoms with Crippen molar-refractivity contribution in [2.24, 2.45) is 0 Å². The zero-order valence-corrected chi connectivity index (χ0v) is 23.3. The summed E-state index contributed by atoms with van der Waals surface area (Å²) in [6.45, 7) is 6.84. The Labute approximate surface area is 177 Å². The summed E-state index contributed by atoms with van der Waals surface area (Å²) in [5.74, 6) is 0. The summed E-state index contributed by atoms with van der Waals surface area (Å²) in [6.07, 6.45) is 14.5. The molecule has 0 unspecified atom stereocenters. The summed E-state index contributed by atoms with van der Waals surface area (Å²) < 4.78 is 1.55. The Morgan fingerprint density at radius 2 is 1.42 bits per heavy atom. The molecule has 0 saturated heterocycles. The van der Waals surface area contributed by atoms with Crippen molar-refractivity contribution in [1.29, 1.82) is 0 Å². The van der Waals surface area contributed by atoms with Gasteiger partial charge in [-0.3, -0.25) is 0 Å². The third-order valence-electron chi connectivity index (χ3n) is 5.20. The maximum atomic E-state index is 6.42. The van der Waals surface area contributed by atoms with Gasteiger partial charge in [0.05, 0.1) is 0 Å². The summed E-state index contributed by atoms with van der Waals surface area (Å²) in [4.78, 5) is 8.86. The molecule has 1 aromatic heterocycles. The van der Waals surface area contributed by atoms with Crippen LogP contribution >= 0.6 is 11.6 Å². The minimum atomic E-state index is 0.381. The maximum absolute atomic E-state index is 6.42. The molecular formula is C22H33ClN2Sn. The van der Waals surface area contributed by atoms with E-state index in [1.807, 2.05) is 0 Å². The molecule has 0 spiro atoms. The molecule has 0 aliphatic heterocycles. The number of hydrogen-bond donors (Lipinski definition) is 0. The number of aromatic nitrogens is 2. The zero-order valence-electron chi connectivity index (χ0n) is 16.9. The average molecular weight is 480 g/mol. The molecule has 1 aromatic carbocycles. The van der Waals surface area contributed by atoms with E-state index in [1.165, 1.54) is 62.5 Å². The first-order valence-electron chi connectivity index (χ1n) is 10.2. The molecule has 1 heterocycles. The van der Waals surface area contributed by atoms with Crippen LogP contribution in [0.5, 0.6) is 0 Å². The number of halogens is 1. The Balaban J connectivity index is 2.63. The van der Waals surface area contributed by atoms with Gasteiger partial charge in [0.25, 0.3) is 0 Å². The van der Waals surface area contributed by atoms with Gasteiger partial charge in [0.1, 0.15) is 0 Å². The van der Waals surface area contributed by atoms with Crippen LogP contribution < -0.4 is 3.58 Å². The molecule has 0 saturated carbocycles. The van der Waals surface area contributed by atoms with Crippen molar-refractivity contribution in [3.8, 4) is 11.3 Å². The summed E-state index contributed by atoms with van der Waals surface area (Å²) in [7, 11) is 0. The van der Waals surface area contributed by atoms with Crippen LogP contribution in [-0.4, -0.2) is 32.5 Å². The van der Waals surface area contributed by atoms with Crippen molar-refractivity contribution in [3.05, 3.63) is 40.3 Å².